The zero-order valence-corrected chi connectivity index (χ0v) is 12.9. The van der Waals surface area contributed by atoms with Gasteiger partial charge in [0.05, 0.1) is 13.0 Å². The molecule has 8 heteroatoms. The highest BCUT2D eigenvalue weighted by Gasteiger charge is 2.36. The normalized spacial score (nSPS) is 11.6. The van der Waals surface area contributed by atoms with Crippen LogP contribution in [-0.4, -0.2) is 67.5 Å². The molecular formula is C11H25NO6Si. The number of hydrogen-bond acceptors (Lipinski definition) is 7. The maximum Gasteiger partial charge on any atom is 0.500 e. The Bertz CT molecular complexity index is 229. The van der Waals surface area contributed by atoms with Gasteiger partial charge in [0, 0.05) is 33.9 Å². The molecule has 0 aromatic rings. The van der Waals surface area contributed by atoms with Crippen molar-refractivity contribution in [3.05, 3.63) is 0 Å². The minimum atomic E-state index is -2.48. The number of rotatable bonds is 12. The number of carbonyl (C=O) groups excluding carboxylic acids is 1. The van der Waals surface area contributed by atoms with E-state index in [-0.39, 0.29) is 19.2 Å². The van der Waals surface area contributed by atoms with Crippen molar-refractivity contribution in [2.24, 2.45) is 0 Å². The number of aliphatic hydroxyl groups is 1. The van der Waals surface area contributed by atoms with Crippen LogP contribution in [0, 0.1) is 0 Å². The van der Waals surface area contributed by atoms with Gasteiger partial charge in [-0.3, -0.25) is 4.79 Å². The van der Waals surface area contributed by atoms with Gasteiger partial charge < -0.3 is 28.4 Å². The topological polar surface area (TPSA) is 86.3 Å². The molecule has 0 aliphatic rings. The number of nitrogens with one attached hydrogen (secondary N) is 1. The summed E-state index contributed by atoms with van der Waals surface area (Å²) in [6.45, 7) is 1.21. The molecule has 0 aliphatic heterocycles. The number of hydrogen-bond donors (Lipinski definition) is 2. The molecule has 2 N–H and O–H groups in total. The van der Waals surface area contributed by atoms with Gasteiger partial charge >= 0.3 is 14.8 Å². The van der Waals surface area contributed by atoms with E-state index in [0.29, 0.717) is 13.0 Å². The molecule has 0 unspecified atom stereocenters. The lowest BCUT2D eigenvalue weighted by molar-refractivity contribution is -0.144. The fraction of sp³-hybridized carbons (Fsp3) is 0.909. The quantitative estimate of drug-likeness (QED) is 0.292. The van der Waals surface area contributed by atoms with E-state index in [1.54, 1.807) is 21.3 Å². The van der Waals surface area contributed by atoms with Gasteiger partial charge in [-0.25, -0.2) is 0 Å². The summed E-state index contributed by atoms with van der Waals surface area (Å²) in [4.78, 5) is 11.1. The van der Waals surface area contributed by atoms with Crippen LogP contribution in [0.5, 0.6) is 0 Å². The summed E-state index contributed by atoms with van der Waals surface area (Å²) in [5.74, 6) is -0.309. The molecule has 0 aromatic carbocycles. The van der Waals surface area contributed by atoms with Crippen LogP contribution in [0.25, 0.3) is 0 Å². The van der Waals surface area contributed by atoms with Crippen molar-refractivity contribution in [3.8, 4) is 0 Å². The predicted molar refractivity (Wildman–Crippen MR) is 71.7 cm³/mol. The standard InChI is InChI=1S/C11H25NO6Si/c1-15-19(16-2,17-3)10-4-6-12-7-5-11(14)18-9-8-13/h12-13H,4-10H2,1-3H3. The number of aliphatic hydroxyl groups excluding tert-OH is 1. The Balaban J connectivity index is 3.56. The molecule has 0 saturated heterocycles. The summed E-state index contributed by atoms with van der Waals surface area (Å²) in [6.07, 6.45) is 1.13. The highest BCUT2D eigenvalue weighted by Crippen LogP contribution is 2.14. The average molecular weight is 295 g/mol. The Morgan fingerprint density at radius 3 is 2.32 bits per heavy atom. The monoisotopic (exact) mass is 295 g/mol. The van der Waals surface area contributed by atoms with Crippen LogP contribution in [0.3, 0.4) is 0 Å². The van der Waals surface area contributed by atoms with Gasteiger partial charge in [-0.15, -0.1) is 0 Å². The Morgan fingerprint density at radius 1 is 1.16 bits per heavy atom. The first-order valence-electron chi connectivity index (χ1n) is 6.26. The van der Waals surface area contributed by atoms with E-state index in [4.69, 9.17) is 23.1 Å². The second-order valence-electron chi connectivity index (χ2n) is 3.84. The Hall–Kier alpha value is -0.513. The van der Waals surface area contributed by atoms with Crippen molar-refractivity contribution in [2.45, 2.75) is 18.9 Å². The molecule has 0 rings (SSSR count). The largest absolute Gasteiger partial charge is 0.500 e. The zero-order valence-electron chi connectivity index (χ0n) is 11.9. The fourth-order valence-corrected chi connectivity index (χ4v) is 3.26. The molecule has 0 saturated carbocycles. The van der Waals surface area contributed by atoms with Crippen molar-refractivity contribution in [1.29, 1.82) is 0 Å². The maximum atomic E-state index is 11.1. The second kappa shape index (κ2) is 11.3. The number of carbonyl (C=O) groups is 1. The van der Waals surface area contributed by atoms with Crippen molar-refractivity contribution >= 4 is 14.8 Å². The first-order valence-corrected chi connectivity index (χ1v) is 8.20. The molecule has 0 aromatic heterocycles. The first-order chi connectivity index (χ1) is 9.14. The molecule has 0 amide bonds. The molecule has 114 valence electrons. The third-order valence-electron chi connectivity index (χ3n) is 2.63. The summed E-state index contributed by atoms with van der Waals surface area (Å²) in [7, 11) is 2.28. The van der Waals surface area contributed by atoms with Crippen molar-refractivity contribution < 1.29 is 27.9 Å². The minimum absolute atomic E-state index is 0.0580. The third kappa shape index (κ3) is 8.29. The maximum absolute atomic E-state index is 11.1. The van der Waals surface area contributed by atoms with E-state index >= 15 is 0 Å². The number of ether oxygens (including phenoxy) is 1. The average Bonchev–Trinajstić information content (AvgIpc) is 2.45. The second-order valence-corrected chi connectivity index (χ2v) is 6.93. The molecule has 19 heavy (non-hydrogen) atoms. The van der Waals surface area contributed by atoms with Crippen LogP contribution in [0.2, 0.25) is 6.04 Å². The summed E-state index contributed by atoms with van der Waals surface area (Å²) in [6, 6.07) is 0.721. The molecule has 0 spiro atoms. The molecule has 0 atom stereocenters. The fourth-order valence-electron chi connectivity index (χ4n) is 1.53. The van der Waals surface area contributed by atoms with Gasteiger partial charge in [-0.05, 0) is 13.0 Å². The van der Waals surface area contributed by atoms with Crippen molar-refractivity contribution in [3.63, 3.8) is 0 Å². The molecule has 0 aliphatic carbocycles. The van der Waals surface area contributed by atoms with Crippen molar-refractivity contribution in [2.75, 3.05) is 47.6 Å². The van der Waals surface area contributed by atoms with Crippen LogP contribution in [0.15, 0.2) is 0 Å². The van der Waals surface area contributed by atoms with Crippen LogP contribution >= 0.6 is 0 Å². The summed E-state index contributed by atoms with van der Waals surface area (Å²) in [5, 5.41) is 11.6. The van der Waals surface area contributed by atoms with E-state index in [2.05, 4.69) is 5.32 Å². The third-order valence-corrected chi connectivity index (χ3v) is 5.46. The SMILES string of the molecule is CO[Si](CCCNCCC(=O)OCCO)(OC)OC. The number of esters is 1. The van der Waals surface area contributed by atoms with Crippen LogP contribution in [0.4, 0.5) is 0 Å². The van der Waals surface area contributed by atoms with Crippen LogP contribution in [-0.2, 0) is 22.8 Å². The minimum Gasteiger partial charge on any atom is -0.463 e. The van der Waals surface area contributed by atoms with E-state index in [0.717, 1.165) is 19.0 Å². The van der Waals surface area contributed by atoms with Gasteiger partial charge in [0.2, 0.25) is 0 Å². The zero-order chi connectivity index (χ0) is 14.6. The predicted octanol–water partition coefficient (Wildman–Crippen LogP) is -0.230. The summed E-state index contributed by atoms with van der Waals surface area (Å²) >= 11 is 0. The van der Waals surface area contributed by atoms with Gasteiger partial charge in [0.15, 0.2) is 0 Å². The van der Waals surface area contributed by atoms with Crippen LogP contribution in [0.1, 0.15) is 12.8 Å². The molecule has 0 fully saturated rings. The Morgan fingerprint density at radius 2 is 1.79 bits per heavy atom. The lowest BCUT2D eigenvalue weighted by Gasteiger charge is -2.24. The van der Waals surface area contributed by atoms with Crippen molar-refractivity contribution in [1.82, 2.24) is 5.32 Å². The first kappa shape index (κ1) is 18.5. The van der Waals surface area contributed by atoms with Gasteiger partial charge in [-0.2, -0.15) is 0 Å². The Labute approximate surface area is 115 Å². The molecule has 0 bridgehead atoms. The van der Waals surface area contributed by atoms with Gasteiger partial charge in [0.1, 0.15) is 6.61 Å². The van der Waals surface area contributed by atoms with Crippen LogP contribution < -0.4 is 5.32 Å². The highest BCUT2D eigenvalue weighted by atomic mass is 28.4. The van der Waals surface area contributed by atoms with Gasteiger partial charge in [-0.1, -0.05) is 0 Å². The molecule has 0 radical (unpaired) electrons. The van der Waals surface area contributed by atoms with E-state index < -0.39 is 8.80 Å². The van der Waals surface area contributed by atoms with E-state index in [1.165, 1.54) is 0 Å². The van der Waals surface area contributed by atoms with E-state index in [9.17, 15) is 4.79 Å². The smallest absolute Gasteiger partial charge is 0.463 e. The lowest BCUT2D eigenvalue weighted by atomic mass is 10.4. The van der Waals surface area contributed by atoms with Gasteiger partial charge in [0.25, 0.3) is 0 Å². The highest BCUT2D eigenvalue weighted by molar-refractivity contribution is 6.60. The molecule has 7 nitrogen and oxygen atoms in total. The molecule has 0 heterocycles. The van der Waals surface area contributed by atoms with E-state index in [1.807, 2.05) is 0 Å². The summed E-state index contributed by atoms with van der Waals surface area (Å²) in [5.41, 5.74) is 0. The summed E-state index contributed by atoms with van der Waals surface area (Å²) < 4.78 is 20.6. The Kier molecular flexibility index (Phi) is 11.0. The molecular weight excluding hydrogens is 270 g/mol. The lowest BCUT2D eigenvalue weighted by Crippen LogP contribution is -2.43.